The first kappa shape index (κ1) is 13.6. The molecule has 108 valence electrons. The molecule has 0 spiro atoms. The van der Waals surface area contributed by atoms with Crippen molar-refractivity contribution in [3.05, 3.63) is 35.8 Å². The average molecular weight is 278 g/mol. The molecule has 0 saturated carbocycles. The molecule has 0 amide bonds. The van der Waals surface area contributed by atoms with E-state index in [0.717, 1.165) is 0 Å². The number of rotatable bonds is 1. The highest BCUT2D eigenvalue weighted by molar-refractivity contribution is 5.78. The van der Waals surface area contributed by atoms with Gasteiger partial charge in [0.25, 0.3) is 0 Å². The Labute approximate surface area is 117 Å². The summed E-state index contributed by atoms with van der Waals surface area (Å²) in [5.41, 5.74) is -1.88. The van der Waals surface area contributed by atoms with Crippen LogP contribution in [0.25, 0.3) is 11.0 Å². The van der Waals surface area contributed by atoms with Crippen LogP contribution in [0.5, 0.6) is 0 Å². The van der Waals surface area contributed by atoms with Crippen molar-refractivity contribution in [3.8, 4) is 0 Å². The van der Waals surface area contributed by atoms with E-state index in [1.54, 1.807) is 12.1 Å². The van der Waals surface area contributed by atoms with E-state index in [2.05, 4.69) is 0 Å². The number of fused-ring (bicyclic) bond motifs is 1. The van der Waals surface area contributed by atoms with Crippen LogP contribution < -0.4 is 0 Å². The Kier molecular flexibility index (Phi) is 2.60. The fourth-order valence-electron chi connectivity index (χ4n) is 3.24. The van der Waals surface area contributed by atoms with E-state index < -0.39 is 16.8 Å². The molecule has 1 N–H and O–H groups in total. The SMILES string of the molecule is CC1(C)CC(O)(c2cc3cc(F)ccc3o2)C(C)(C)O1. The van der Waals surface area contributed by atoms with Crippen molar-refractivity contribution in [1.82, 2.24) is 0 Å². The Hall–Kier alpha value is -1.39. The lowest BCUT2D eigenvalue weighted by molar-refractivity contribution is -0.136. The maximum absolute atomic E-state index is 13.3. The van der Waals surface area contributed by atoms with Gasteiger partial charge in [-0.15, -0.1) is 0 Å². The highest BCUT2D eigenvalue weighted by Crippen LogP contribution is 2.51. The second-order valence-electron chi connectivity index (χ2n) is 6.70. The first-order chi connectivity index (χ1) is 9.13. The van der Waals surface area contributed by atoms with Crippen molar-refractivity contribution >= 4 is 11.0 Å². The maximum atomic E-state index is 13.3. The molecule has 1 aromatic heterocycles. The smallest absolute Gasteiger partial charge is 0.153 e. The number of hydrogen-bond acceptors (Lipinski definition) is 3. The summed E-state index contributed by atoms with van der Waals surface area (Å²) >= 11 is 0. The number of hydrogen-bond donors (Lipinski definition) is 1. The molecule has 2 heterocycles. The number of ether oxygens (including phenoxy) is 1. The highest BCUT2D eigenvalue weighted by Gasteiger charge is 2.59. The van der Waals surface area contributed by atoms with Crippen LogP contribution >= 0.6 is 0 Å². The van der Waals surface area contributed by atoms with Crippen LogP contribution in [0.3, 0.4) is 0 Å². The Balaban J connectivity index is 2.14. The van der Waals surface area contributed by atoms with E-state index in [4.69, 9.17) is 9.15 Å². The summed E-state index contributed by atoms with van der Waals surface area (Å²) in [7, 11) is 0. The number of furan rings is 1. The molecule has 0 radical (unpaired) electrons. The fourth-order valence-corrected chi connectivity index (χ4v) is 3.24. The summed E-state index contributed by atoms with van der Waals surface area (Å²) in [5.74, 6) is 0.104. The molecular formula is C16H19FO3. The predicted molar refractivity (Wildman–Crippen MR) is 73.9 cm³/mol. The number of halogens is 1. The van der Waals surface area contributed by atoms with Gasteiger partial charge in [-0.25, -0.2) is 4.39 Å². The van der Waals surface area contributed by atoms with Crippen LogP contribution in [0, 0.1) is 5.82 Å². The van der Waals surface area contributed by atoms with Crippen LogP contribution in [0.2, 0.25) is 0 Å². The third-order valence-electron chi connectivity index (χ3n) is 4.09. The lowest BCUT2D eigenvalue weighted by Gasteiger charge is -2.33. The monoisotopic (exact) mass is 278 g/mol. The molecule has 1 saturated heterocycles. The van der Waals surface area contributed by atoms with E-state index in [0.29, 0.717) is 23.2 Å². The second-order valence-corrected chi connectivity index (χ2v) is 6.70. The minimum atomic E-state index is -1.23. The Morgan fingerprint density at radius 2 is 1.85 bits per heavy atom. The van der Waals surface area contributed by atoms with Gasteiger partial charge in [-0.05, 0) is 52.0 Å². The summed E-state index contributed by atoms with van der Waals surface area (Å²) in [6.45, 7) is 7.56. The summed E-state index contributed by atoms with van der Waals surface area (Å²) < 4.78 is 24.9. The van der Waals surface area contributed by atoms with Gasteiger partial charge in [0, 0.05) is 11.8 Å². The first-order valence-electron chi connectivity index (χ1n) is 6.75. The van der Waals surface area contributed by atoms with Crippen LogP contribution in [0.4, 0.5) is 4.39 Å². The van der Waals surface area contributed by atoms with Crippen LogP contribution in [0.15, 0.2) is 28.7 Å². The van der Waals surface area contributed by atoms with E-state index in [9.17, 15) is 9.50 Å². The molecule has 1 aliphatic rings. The average Bonchev–Trinajstić information content (AvgIpc) is 2.75. The Bertz CT molecular complexity index is 671. The molecular weight excluding hydrogens is 259 g/mol. The van der Waals surface area contributed by atoms with Crippen molar-refractivity contribution in [2.75, 3.05) is 0 Å². The maximum Gasteiger partial charge on any atom is 0.153 e. The third kappa shape index (κ3) is 1.86. The summed E-state index contributed by atoms with van der Waals surface area (Å²) in [4.78, 5) is 0. The predicted octanol–water partition coefficient (Wildman–Crippen LogP) is 3.74. The fraction of sp³-hybridized carbons (Fsp3) is 0.500. The van der Waals surface area contributed by atoms with Gasteiger partial charge in [-0.3, -0.25) is 0 Å². The summed E-state index contributed by atoms with van der Waals surface area (Å²) in [5, 5.41) is 11.7. The molecule has 3 rings (SSSR count). The number of aliphatic hydroxyl groups is 1. The molecule has 0 bridgehead atoms. The van der Waals surface area contributed by atoms with Crippen LogP contribution in [-0.4, -0.2) is 16.3 Å². The lowest BCUT2D eigenvalue weighted by Crippen LogP contribution is -2.43. The zero-order chi connectivity index (χ0) is 14.8. The quantitative estimate of drug-likeness (QED) is 0.864. The van der Waals surface area contributed by atoms with Crippen LogP contribution in [0.1, 0.15) is 39.9 Å². The second kappa shape index (κ2) is 3.83. The molecule has 1 unspecified atom stereocenters. The Morgan fingerprint density at radius 3 is 2.45 bits per heavy atom. The summed E-state index contributed by atoms with van der Waals surface area (Å²) in [6.07, 6.45) is 0.426. The van der Waals surface area contributed by atoms with Gasteiger partial charge >= 0.3 is 0 Å². The normalized spacial score (nSPS) is 28.1. The Morgan fingerprint density at radius 1 is 1.15 bits per heavy atom. The molecule has 1 fully saturated rings. The third-order valence-corrected chi connectivity index (χ3v) is 4.09. The van der Waals surface area contributed by atoms with Gasteiger partial charge in [-0.1, -0.05) is 0 Å². The van der Waals surface area contributed by atoms with Gasteiger partial charge in [0.1, 0.15) is 17.2 Å². The highest BCUT2D eigenvalue weighted by atomic mass is 19.1. The minimum absolute atomic E-state index is 0.320. The van der Waals surface area contributed by atoms with Gasteiger partial charge in [-0.2, -0.15) is 0 Å². The van der Waals surface area contributed by atoms with Crippen molar-refractivity contribution in [2.24, 2.45) is 0 Å². The first-order valence-corrected chi connectivity index (χ1v) is 6.75. The molecule has 2 aromatic rings. The molecule has 0 aliphatic carbocycles. The zero-order valence-corrected chi connectivity index (χ0v) is 12.2. The van der Waals surface area contributed by atoms with Crippen LogP contribution in [-0.2, 0) is 10.3 Å². The van der Waals surface area contributed by atoms with Gasteiger partial charge in [0.05, 0.1) is 11.2 Å². The van der Waals surface area contributed by atoms with E-state index >= 15 is 0 Å². The van der Waals surface area contributed by atoms with E-state index in [-0.39, 0.29) is 5.82 Å². The van der Waals surface area contributed by atoms with Crippen molar-refractivity contribution in [3.63, 3.8) is 0 Å². The topological polar surface area (TPSA) is 42.6 Å². The molecule has 1 aliphatic heterocycles. The van der Waals surface area contributed by atoms with E-state index in [1.807, 2.05) is 27.7 Å². The molecule has 3 nitrogen and oxygen atoms in total. The minimum Gasteiger partial charge on any atom is -0.458 e. The number of benzene rings is 1. The molecule has 20 heavy (non-hydrogen) atoms. The standard InChI is InChI=1S/C16H19FO3/c1-14(2)9-16(18,15(3,4)20-14)13-8-10-7-11(17)5-6-12(10)19-13/h5-8,18H,9H2,1-4H3. The van der Waals surface area contributed by atoms with Gasteiger partial charge < -0.3 is 14.3 Å². The van der Waals surface area contributed by atoms with Gasteiger partial charge in [0.2, 0.25) is 0 Å². The zero-order valence-electron chi connectivity index (χ0n) is 12.2. The van der Waals surface area contributed by atoms with Gasteiger partial charge in [0.15, 0.2) is 5.60 Å². The molecule has 1 atom stereocenters. The molecule has 1 aromatic carbocycles. The lowest BCUT2D eigenvalue weighted by atomic mass is 9.80. The van der Waals surface area contributed by atoms with Crippen molar-refractivity contribution in [1.29, 1.82) is 0 Å². The molecule has 4 heteroatoms. The largest absolute Gasteiger partial charge is 0.458 e. The van der Waals surface area contributed by atoms with Crippen molar-refractivity contribution in [2.45, 2.75) is 50.9 Å². The summed E-state index contributed by atoms with van der Waals surface area (Å²) in [6, 6.07) is 6.02. The van der Waals surface area contributed by atoms with E-state index in [1.165, 1.54) is 12.1 Å². The van der Waals surface area contributed by atoms with Crippen molar-refractivity contribution < 1.29 is 18.7 Å².